The number of nitrogens with zero attached hydrogens (tertiary/aromatic N) is 1. The summed E-state index contributed by atoms with van der Waals surface area (Å²) in [5.74, 6) is -1.55. The number of hydrogen-bond donors (Lipinski definition) is 1. The van der Waals surface area contributed by atoms with Crippen molar-refractivity contribution in [2.24, 2.45) is 0 Å². The van der Waals surface area contributed by atoms with Crippen LogP contribution in [0, 0.1) is 0 Å². The molecule has 7 heteroatoms. The third-order valence-electron chi connectivity index (χ3n) is 2.47. The summed E-state index contributed by atoms with van der Waals surface area (Å²) in [7, 11) is 0. The molecule has 0 aliphatic carbocycles. The SMILES string of the molecule is CC1C(=O)NC(=O)CN1C(=O)c1ccc(Cl)o1. The highest BCUT2D eigenvalue weighted by Crippen LogP contribution is 2.17. The normalized spacial score (nSPS) is 20.4. The van der Waals surface area contributed by atoms with Gasteiger partial charge in [-0.05, 0) is 30.7 Å². The minimum atomic E-state index is -0.718. The molecule has 6 nitrogen and oxygen atoms in total. The Morgan fingerprint density at radius 1 is 1.53 bits per heavy atom. The van der Waals surface area contributed by atoms with Crippen LogP contribution >= 0.6 is 11.6 Å². The molecule has 2 rings (SSSR count). The van der Waals surface area contributed by atoms with Crippen LogP contribution in [-0.2, 0) is 9.59 Å². The van der Waals surface area contributed by atoms with Crippen LogP contribution in [0.25, 0.3) is 0 Å². The lowest BCUT2D eigenvalue weighted by atomic mass is 10.2. The highest BCUT2D eigenvalue weighted by molar-refractivity contribution is 6.29. The second-order valence-electron chi connectivity index (χ2n) is 3.63. The monoisotopic (exact) mass is 256 g/mol. The minimum absolute atomic E-state index is 0.00403. The van der Waals surface area contributed by atoms with Gasteiger partial charge in [-0.3, -0.25) is 19.7 Å². The highest BCUT2D eigenvalue weighted by atomic mass is 35.5. The molecule has 17 heavy (non-hydrogen) atoms. The fourth-order valence-corrected chi connectivity index (χ4v) is 1.68. The molecule has 90 valence electrons. The molecule has 1 aromatic rings. The average Bonchev–Trinajstić information content (AvgIpc) is 2.69. The Bertz CT molecular complexity index is 496. The predicted octanol–water partition coefficient (Wildman–Crippen LogP) is 0.420. The molecule has 0 spiro atoms. The Labute approximate surface area is 102 Å². The Balaban J connectivity index is 2.24. The van der Waals surface area contributed by atoms with E-state index in [1.54, 1.807) is 0 Å². The molecule has 0 aromatic carbocycles. The average molecular weight is 257 g/mol. The highest BCUT2D eigenvalue weighted by Gasteiger charge is 2.35. The molecule has 0 saturated carbocycles. The first-order valence-electron chi connectivity index (χ1n) is 4.89. The van der Waals surface area contributed by atoms with Gasteiger partial charge in [0.1, 0.15) is 12.6 Å². The van der Waals surface area contributed by atoms with E-state index in [2.05, 4.69) is 5.32 Å². The Kier molecular flexibility index (Phi) is 2.89. The maximum atomic E-state index is 12.0. The van der Waals surface area contributed by atoms with Gasteiger partial charge in [0.2, 0.25) is 11.8 Å². The van der Waals surface area contributed by atoms with Crippen molar-refractivity contribution in [3.05, 3.63) is 23.1 Å². The number of piperazine rings is 1. The summed E-state index contributed by atoms with van der Waals surface area (Å²) in [5.41, 5.74) is 0. The van der Waals surface area contributed by atoms with Crippen LogP contribution in [0.15, 0.2) is 16.5 Å². The number of amides is 3. The standard InChI is InChI=1S/C10H9ClN2O4/c1-5-9(15)12-8(14)4-13(5)10(16)6-2-3-7(11)17-6/h2-3,5H,4H2,1H3,(H,12,14,15). The van der Waals surface area contributed by atoms with Crippen molar-refractivity contribution in [1.29, 1.82) is 0 Å². The molecule has 1 N–H and O–H groups in total. The van der Waals surface area contributed by atoms with Crippen molar-refractivity contribution in [2.75, 3.05) is 6.54 Å². The smallest absolute Gasteiger partial charge is 0.290 e. The molecule has 3 amide bonds. The number of hydrogen-bond acceptors (Lipinski definition) is 4. The van der Waals surface area contributed by atoms with E-state index in [0.29, 0.717) is 0 Å². The van der Waals surface area contributed by atoms with E-state index in [4.69, 9.17) is 16.0 Å². The maximum absolute atomic E-state index is 12.0. The number of rotatable bonds is 1. The first kappa shape index (κ1) is 11.7. The van der Waals surface area contributed by atoms with Gasteiger partial charge >= 0.3 is 0 Å². The maximum Gasteiger partial charge on any atom is 0.290 e. The van der Waals surface area contributed by atoms with Crippen molar-refractivity contribution in [3.63, 3.8) is 0 Å². The van der Waals surface area contributed by atoms with Crippen LogP contribution in [0.5, 0.6) is 0 Å². The summed E-state index contributed by atoms with van der Waals surface area (Å²) < 4.78 is 4.95. The third kappa shape index (κ3) is 2.16. The number of carbonyl (C=O) groups excluding carboxylic acids is 3. The summed E-state index contributed by atoms with van der Waals surface area (Å²) >= 11 is 5.55. The Morgan fingerprint density at radius 3 is 2.82 bits per heavy atom. The van der Waals surface area contributed by atoms with Gasteiger partial charge in [-0.1, -0.05) is 0 Å². The molecule has 1 atom stereocenters. The summed E-state index contributed by atoms with van der Waals surface area (Å²) in [6.07, 6.45) is 0. The lowest BCUT2D eigenvalue weighted by molar-refractivity contribution is -0.138. The van der Waals surface area contributed by atoms with E-state index in [-0.39, 0.29) is 17.5 Å². The van der Waals surface area contributed by atoms with E-state index >= 15 is 0 Å². The van der Waals surface area contributed by atoms with Crippen molar-refractivity contribution in [2.45, 2.75) is 13.0 Å². The first-order chi connectivity index (χ1) is 7.99. The number of halogens is 1. The molecule has 2 heterocycles. The first-order valence-corrected chi connectivity index (χ1v) is 5.27. The van der Waals surface area contributed by atoms with Gasteiger partial charge < -0.3 is 9.32 Å². The molecular weight excluding hydrogens is 248 g/mol. The number of carbonyl (C=O) groups is 3. The van der Waals surface area contributed by atoms with Crippen LogP contribution in [0.4, 0.5) is 0 Å². The number of imide groups is 1. The van der Waals surface area contributed by atoms with Gasteiger partial charge in [0.05, 0.1) is 0 Å². The zero-order chi connectivity index (χ0) is 12.6. The molecular formula is C10H9ClN2O4. The van der Waals surface area contributed by atoms with E-state index in [0.717, 1.165) is 4.90 Å². The molecule has 1 fully saturated rings. The Hall–Kier alpha value is -1.82. The summed E-state index contributed by atoms with van der Waals surface area (Å²) in [4.78, 5) is 35.7. The van der Waals surface area contributed by atoms with Crippen molar-refractivity contribution in [3.8, 4) is 0 Å². The van der Waals surface area contributed by atoms with E-state index < -0.39 is 23.8 Å². The molecule has 1 aliphatic heterocycles. The lowest BCUT2D eigenvalue weighted by Gasteiger charge is -2.30. The van der Waals surface area contributed by atoms with E-state index in [9.17, 15) is 14.4 Å². The molecule has 1 aromatic heterocycles. The van der Waals surface area contributed by atoms with Crippen molar-refractivity contribution >= 4 is 29.3 Å². The van der Waals surface area contributed by atoms with E-state index in [1.807, 2.05) is 0 Å². The minimum Gasteiger partial charge on any atom is -0.440 e. The number of nitrogens with one attached hydrogen (secondary N) is 1. The quantitative estimate of drug-likeness (QED) is 0.739. The molecule has 1 unspecified atom stereocenters. The molecule has 1 saturated heterocycles. The van der Waals surface area contributed by atoms with Gasteiger partial charge in [-0.15, -0.1) is 0 Å². The van der Waals surface area contributed by atoms with Crippen LogP contribution < -0.4 is 5.32 Å². The number of furan rings is 1. The molecule has 1 aliphatic rings. The predicted molar refractivity (Wildman–Crippen MR) is 57.4 cm³/mol. The van der Waals surface area contributed by atoms with Crippen LogP contribution in [0.2, 0.25) is 5.22 Å². The second-order valence-corrected chi connectivity index (χ2v) is 4.00. The van der Waals surface area contributed by atoms with E-state index in [1.165, 1.54) is 19.1 Å². The summed E-state index contributed by atoms with van der Waals surface area (Å²) in [5, 5.41) is 2.22. The zero-order valence-electron chi connectivity index (χ0n) is 8.90. The topological polar surface area (TPSA) is 79.6 Å². The van der Waals surface area contributed by atoms with Crippen LogP contribution in [-0.4, -0.2) is 35.2 Å². The fraction of sp³-hybridized carbons (Fsp3) is 0.300. The summed E-state index contributed by atoms with van der Waals surface area (Å²) in [6.45, 7) is 1.36. The lowest BCUT2D eigenvalue weighted by Crippen LogP contribution is -2.58. The molecule has 0 radical (unpaired) electrons. The fourth-order valence-electron chi connectivity index (χ4n) is 1.53. The summed E-state index contributed by atoms with van der Waals surface area (Å²) in [6, 6.07) is 2.10. The van der Waals surface area contributed by atoms with Crippen molar-refractivity contribution in [1.82, 2.24) is 10.2 Å². The molecule has 0 bridgehead atoms. The van der Waals surface area contributed by atoms with Crippen molar-refractivity contribution < 1.29 is 18.8 Å². The van der Waals surface area contributed by atoms with Gasteiger partial charge in [-0.2, -0.15) is 0 Å². The van der Waals surface area contributed by atoms with Gasteiger partial charge in [-0.25, -0.2) is 0 Å². The van der Waals surface area contributed by atoms with Gasteiger partial charge in [0.25, 0.3) is 5.91 Å². The Morgan fingerprint density at radius 2 is 2.24 bits per heavy atom. The van der Waals surface area contributed by atoms with Gasteiger partial charge in [0, 0.05) is 0 Å². The third-order valence-corrected chi connectivity index (χ3v) is 2.67. The van der Waals surface area contributed by atoms with Gasteiger partial charge in [0.15, 0.2) is 11.0 Å². The largest absolute Gasteiger partial charge is 0.440 e. The zero-order valence-corrected chi connectivity index (χ0v) is 9.65. The second kappa shape index (κ2) is 4.21. The van der Waals surface area contributed by atoms with Crippen LogP contribution in [0.1, 0.15) is 17.5 Å². The van der Waals surface area contributed by atoms with Crippen LogP contribution in [0.3, 0.4) is 0 Å².